The highest BCUT2D eigenvalue weighted by atomic mass is 79.9. The van der Waals surface area contributed by atoms with Crippen molar-refractivity contribution < 1.29 is 14.4 Å². The third kappa shape index (κ3) is 1.92. The van der Waals surface area contributed by atoms with E-state index in [9.17, 15) is 14.4 Å². The van der Waals surface area contributed by atoms with Crippen LogP contribution in [0.2, 0.25) is 0 Å². The first-order valence-electron chi connectivity index (χ1n) is 9.45. The van der Waals surface area contributed by atoms with Gasteiger partial charge in [-0.15, -0.1) is 0 Å². The van der Waals surface area contributed by atoms with Crippen LogP contribution in [0, 0.1) is 11.8 Å². The van der Waals surface area contributed by atoms with E-state index in [0.29, 0.717) is 0 Å². The number of benzene rings is 1. The van der Waals surface area contributed by atoms with Gasteiger partial charge in [-0.2, -0.15) is 0 Å². The largest absolute Gasteiger partial charge is 0.324 e. The topological polar surface area (TPSA) is 69.7 Å². The van der Waals surface area contributed by atoms with Crippen LogP contribution in [0.25, 0.3) is 0 Å². The molecule has 3 fully saturated rings. The van der Waals surface area contributed by atoms with E-state index in [4.69, 9.17) is 0 Å². The van der Waals surface area contributed by atoms with Crippen molar-refractivity contribution in [3.8, 4) is 0 Å². The molecule has 5 rings (SSSR count). The van der Waals surface area contributed by atoms with Crippen LogP contribution in [0.1, 0.15) is 39.2 Å². The average Bonchev–Trinajstić information content (AvgIpc) is 3.25. The number of halogens is 1. The van der Waals surface area contributed by atoms with Crippen LogP contribution in [0.4, 0.5) is 5.69 Å². The van der Waals surface area contributed by atoms with Gasteiger partial charge >= 0.3 is 0 Å². The van der Waals surface area contributed by atoms with Crippen LogP contribution >= 0.6 is 15.9 Å². The monoisotopic (exact) mass is 431 g/mol. The summed E-state index contributed by atoms with van der Waals surface area (Å²) in [5, 5.41) is 2.99. The fourth-order valence-electron chi connectivity index (χ4n) is 5.84. The van der Waals surface area contributed by atoms with Gasteiger partial charge in [-0.05, 0) is 58.4 Å². The quantitative estimate of drug-likeness (QED) is 0.640. The molecule has 4 aliphatic heterocycles. The molecule has 1 N–H and O–H groups in total. The molecule has 6 nitrogen and oxygen atoms in total. The number of nitrogens with one attached hydrogen (secondary N) is 1. The highest BCUT2D eigenvalue weighted by Crippen LogP contribution is 2.61. The van der Waals surface area contributed by atoms with Crippen LogP contribution in [0.15, 0.2) is 22.7 Å². The van der Waals surface area contributed by atoms with Gasteiger partial charge in [-0.1, -0.05) is 15.9 Å². The Morgan fingerprint density at radius 1 is 1.19 bits per heavy atom. The van der Waals surface area contributed by atoms with Crippen molar-refractivity contribution in [1.82, 2.24) is 9.80 Å². The Kier molecular flexibility index (Phi) is 3.35. The van der Waals surface area contributed by atoms with Crippen molar-refractivity contribution in [2.75, 3.05) is 11.9 Å². The van der Waals surface area contributed by atoms with Gasteiger partial charge in [0.2, 0.25) is 17.7 Å². The standard InChI is InChI=1S/C20H22BrN3O3/c1-19(2,3)24-16(25)14-13-5-4-8-23(13)20(15(14)17(24)26)11-9-10(21)6-7-12(11)22-18(20)27/h6-7,9,13-15H,4-5,8H2,1-3H3,(H,22,27)/t13?,14-,15+,20?/m1/s1. The molecule has 1 aromatic carbocycles. The highest BCUT2D eigenvalue weighted by Gasteiger charge is 2.75. The van der Waals surface area contributed by atoms with Crippen molar-refractivity contribution in [3.05, 3.63) is 28.2 Å². The molecular formula is C20H22BrN3O3. The summed E-state index contributed by atoms with van der Waals surface area (Å²) in [7, 11) is 0. The van der Waals surface area contributed by atoms with Crippen molar-refractivity contribution in [2.24, 2.45) is 11.8 Å². The third-order valence-electron chi connectivity index (χ3n) is 6.63. The lowest BCUT2D eigenvalue weighted by Gasteiger charge is -2.38. The minimum Gasteiger partial charge on any atom is -0.324 e. The van der Waals surface area contributed by atoms with Crippen LogP contribution in [0.5, 0.6) is 0 Å². The minimum atomic E-state index is -1.09. The summed E-state index contributed by atoms with van der Waals surface area (Å²) in [6, 6.07) is 5.62. The van der Waals surface area contributed by atoms with Crippen molar-refractivity contribution in [3.63, 3.8) is 0 Å². The zero-order chi connectivity index (χ0) is 19.3. The van der Waals surface area contributed by atoms with Gasteiger partial charge < -0.3 is 5.32 Å². The van der Waals surface area contributed by atoms with Gasteiger partial charge in [-0.25, -0.2) is 0 Å². The molecule has 1 spiro atoms. The third-order valence-corrected chi connectivity index (χ3v) is 7.12. The number of amides is 3. The van der Waals surface area contributed by atoms with Crippen LogP contribution in [-0.4, -0.2) is 45.6 Å². The highest BCUT2D eigenvalue weighted by molar-refractivity contribution is 9.10. The Morgan fingerprint density at radius 2 is 1.93 bits per heavy atom. The van der Waals surface area contributed by atoms with E-state index < -0.39 is 22.9 Å². The SMILES string of the molecule is CC(C)(C)N1C(=O)[C@@H]2C3CCCN3C3(C(=O)Nc4ccc(Br)cc43)[C@@H]2C1=O. The Labute approximate surface area is 166 Å². The lowest BCUT2D eigenvalue weighted by Crippen LogP contribution is -2.56. The zero-order valence-electron chi connectivity index (χ0n) is 15.6. The maximum absolute atomic E-state index is 13.6. The summed E-state index contributed by atoms with van der Waals surface area (Å²) in [6.45, 7) is 6.36. The summed E-state index contributed by atoms with van der Waals surface area (Å²) in [4.78, 5) is 43.9. The van der Waals surface area contributed by atoms with E-state index in [1.54, 1.807) is 0 Å². The van der Waals surface area contributed by atoms with E-state index in [1.807, 2.05) is 39.0 Å². The molecule has 4 heterocycles. The number of carbonyl (C=O) groups excluding carboxylic acids is 3. The summed E-state index contributed by atoms with van der Waals surface area (Å²) in [5.74, 6) is -1.62. The predicted octanol–water partition coefficient (Wildman–Crippen LogP) is 2.47. The molecule has 1 aromatic rings. The predicted molar refractivity (Wildman–Crippen MR) is 103 cm³/mol. The molecule has 4 atom stereocenters. The lowest BCUT2D eigenvalue weighted by atomic mass is 9.75. The molecule has 7 heteroatoms. The minimum absolute atomic E-state index is 0.0607. The van der Waals surface area contributed by atoms with Crippen molar-refractivity contribution >= 4 is 39.3 Å². The number of carbonyl (C=O) groups is 3. The number of fused-ring (bicyclic) bond motifs is 7. The maximum atomic E-state index is 13.6. The maximum Gasteiger partial charge on any atom is 0.250 e. The Balaban J connectivity index is 1.77. The first kappa shape index (κ1) is 17.4. The molecule has 0 radical (unpaired) electrons. The summed E-state index contributed by atoms with van der Waals surface area (Å²) in [5.41, 5.74) is -0.127. The Hall–Kier alpha value is -1.73. The molecule has 3 amide bonds. The molecule has 0 bridgehead atoms. The first-order chi connectivity index (χ1) is 12.7. The number of anilines is 1. The molecule has 0 aliphatic carbocycles. The number of nitrogens with zero attached hydrogens (tertiary/aromatic N) is 2. The van der Waals surface area contributed by atoms with Crippen molar-refractivity contribution in [2.45, 2.75) is 50.7 Å². The van der Waals surface area contributed by atoms with Gasteiger partial charge in [-0.3, -0.25) is 24.2 Å². The van der Waals surface area contributed by atoms with Gasteiger partial charge in [0, 0.05) is 27.3 Å². The van der Waals surface area contributed by atoms with Crippen LogP contribution < -0.4 is 5.32 Å². The second-order valence-electron chi connectivity index (χ2n) is 9.00. The number of likely N-dealkylation sites (tertiary alicyclic amines) is 1. The molecule has 0 aromatic heterocycles. The van der Waals surface area contributed by atoms with Crippen LogP contribution in [0.3, 0.4) is 0 Å². The van der Waals surface area contributed by atoms with E-state index >= 15 is 0 Å². The molecule has 4 aliphatic rings. The number of hydrogen-bond donors (Lipinski definition) is 1. The number of imide groups is 1. The average molecular weight is 432 g/mol. The van der Waals surface area contributed by atoms with Crippen molar-refractivity contribution in [1.29, 1.82) is 0 Å². The van der Waals surface area contributed by atoms with Gasteiger partial charge in [0.25, 0.3) is 0 Å². The molecule has 2 unspecified atom stereocenters. The van der Waals surface area contributed by atoms with E-state index in [0.717, 1.165) is 35.1 Å². The normalized spacial score (nSPS) is 35.0. The summed E-state index contributed by atoms with van der Waals surface area (Å²) >= 11 is 3.51. The number of hydrogen-bond acceptors (Lipinski definition) is 4. The fraction of sp³-hybridized carbons (Fsp3) is 0.550. The van der Waals surface area contributed by atoms with E-state index in [1.165, 1.54) is 4.90 Å². The molecule has 3 saturated heterocycles. The Bertz CT molecular complexity index is 908. The van der Waals surface area contributed by atoms with Crippen LogP contribution in [-0.2, 0) is 19.9 Å². The second kappa shape index (κ2) is 5.20. The number of rotatable bonds is 0. The summed E-state index contributed by atoms with van der Waals surface area (Å²) in [6.07, 6.45) is 1.78. The smallest absolute Gasteiger partial charge is 0.250 e. The van der Waals surface area contributed by atoms with E-state index in [2.05, 4.69) is 26.1 Å². The van der Waals surface area contributed by atoms with Gasteiger partial charge in [0.15, 0.2) is 0 Å². The van der Waals surface area contributed by atoms with Gasteiger partial charge in [0.1, 0.15) is 5.54 Å². The van der Waals surface area contributed by atoms with E-state index in [-0.39, 0.29) is 23.8 Å². The molecule has 0 saturated carbocycles. The fourth-order valence-corrected chi connectivity index (χ4v) is 6.20. The molecular weight excluding hydrogens is 410 g/mol. The molecule has 142 valence electrons. The first-order valence-corrected chi connectivity index (χ1v) is 10.2. The Morgan fingerprint density at radius 3 is 2.63 bits per heavy atom. The zero-order valence-corrected chi connectivity index (χ0v) is 17.2. The second-order valence-corrected chi connectivity index (χ2v) is 9.92. The lowest BCUT2D eigenvalue weighted by molar-refractivity contribution is -0.150. The van der Waals surface area contributed by atoms with Gasteiger partial charge in [0.05, 0.1) is 11.8 Å². The molecule has 27 heavy (non-hydrogen) atoms. The summed E-state index contributed by atoms with van der Waals surface area (Å²) < 4.78 is 0.862.